The molecule has 9 aliphatic carbocycles. The predicted octanol–water partition coefficient (Wildman–Crippen LogP) is 8.89. The fraction of sp³-hybridized carbons (Fsp3) is 0.167. The summed E-state index contributed by atoms with van der Waals surface area (Å²) in [5.74, 6) is -1.52. The van der Waals surface area contributed by atoms with Crippen LogP contribution in [0.2, 0.25) is 0 Å². The lowest BCUT2D eigenvalue weighted by Gasteiger charge is -2.48. The van der Waals surface area contributed by atoms with Gasteiger partial charge in [-0.25, -0.2) is 9.59 Å². The van der Waals surface area contributed by atoms with Crippen LogP contribution in [0.5, 0.6) is 0 Å². The molecule has 4 nitrogen and oxygen atoms in total. The van der Waals surface area contributed by atoms with E-state index in [0.717, 1.165) is 22.3 Å². The van der Waals surface area contributed by atoms with E-state index in [9.17, 15) is 9.59 Å². The van der Waals surface area contributed by atoms with Crippen LogP contribution < -0.4 is 0 Å². The molecule has 4 heteroatoms. The first-order chi connectivity index (χ1) is 25.6. The molecule has 6 bridgehead atoms. The fourth-order valence-corrected chi connectivity index (χ4v) is 11.4. The molecule has 6 aromatic carbocycles. The second kappa shape index (κ2) is 9.86. The second-order valence-electron chi connectivity index (χ2n) is 15.1. The smallest absolute Gasteiger partial charge is 0.335 e. The van der Waals surface area contributed by atoms with E-state index in [0.29, 0.717) is 11.1 Å². The summed E-state index contributed by atoms with van der Waals surface area (Å²) >= 11 is 0. The van der Waals surface area contributed by atoms with Crippen LogP contribution in [0.3, 0.4) is 0 Å². The van der Waals surface area contributed by atoms with Crippen molar-refractivity contribution in [2.45, 2.75) is 35.5 Å². The number of hydrogen-bond donors (Lipinski definition) is 0. The minimum Gasteiger partial charge on any atom is -0.466 e. The van der Waals surface area contributed by atoms with Gasteiger partial charge in [-0.2, -0.15) is 0 Å². The first-order valence-electron chi connectivity index (χ1n) is 18.2. The number of esters is 2. The zero-order valence-corrected chi connectivity index (χ0v) is 28.6. The Morgan fingerprint density at radius 1 is 0.327 bits per heavy atom. The number of methoxy groups -OCH3 is 2. The van der Waals surface area contributed by atoms with Crippen LogP contribution in [0.1, 0.15) is 125 Å². The molecule has 248 valence electrons. The van der Waals surface area contributed by atoms with Gasteiger partial charge < -0.3 is 9.47 Å². The molecule has 0 heterocycles. The molecule has 0 aromatic heterocycles. The summed E-state index contributed by atoms with van der Waals surface area (Å²) in [5.41, 5.74) is 21.1. The van der Waals surface area contributed by atoms with E-state index in [1.807, 2.05) is 0 Å². The number of hydrogen-bond acceptors (Lipinski definition) is 4. The molecule has 0 aliphatic heterocycles. The number of ether oxygens (including phenoxy) is 2. The zero-order valence-electron chi connectivity index (χ0n) is 28.6. The van der Waals surface area contributed by atoms with Gasteiger partial charge in [-0.15, -0.1) is 0 Å². The highest BCUT2D eigenvalue weighted by Gasteiger charge is 2.52. The van der Waals surface area contributed by atoms with Gasteiger partial charge in [0, 0.05) is 35.5 Å². The van der Waals surface area contributed by atoms with Crippen molar-refractivity contribution >= 4 is 11.9 Å². The summed E-state index contributed by atoms with van der Waals surface area (Å²) in [6.45, 7) is 0. The lowest BCUT2D eigenvalue weighted by Crippen LogP contribution is -2.37. The molecule has 9 aliphatic rings. The van der Waals surface area contributed by atoms with E-state index >= 15 is 0 Å². The van der Waals surface area contributed by atoms with Crippen LogP contribution in [0.15, 0.2) is 132 Å². The summed E-state index contributed by atoms with van der Waals surface area (Å²) in [7, 11) is 2.82. The molecule has 0 unspecified atom stereocenters. The molecule has 0 saturated heterocycles. The lowest BCUT2D eigenvalue weighted by atomic mass is 9.54. The third-order valence-corrected chi connectivity index (χ3v) is 13.2. The Labute approximate surface area is 301 Å². The summed E-state index contributed by atoms with van der Waals surface area (Å²) in [6.07, 6.45) is 0. The van der Waals surface area contributed by atoms with Crippen LogP contribution in [-0.4, -0.2) is 26.2 Å². The molecule has 0 fully saturated rings. The van der Waals surface area contributed by atoms with Crippen molar-refractivity contribution < 1.29 is 19.1 Å². The van der Waals surface area contributed by atoms with Gasteiger partial charge in [-0.3, -0.25) is 0 Å². The standard InChI is InChI=1S/C48H32O4/c1-51-47(49)45-43-35-19-31-33(41-27-15-7-3-11-23(27)39(31)24-12-4-8-16-28(24)41)21-37(35)44(46(45)48(50)52-2)38-22-34-32(20-36(38)43)40-25-13-5-9-17-29(25)42(34)30-18-10-6-14-26(30)40/h3-22,39-44H,1-2H3. The van der Waals surface area contributed by atoms with Crippen LogP contribution in [0.4, 0.5) is 0 Å². The van der Waals surface area contributed by atoms with E-state index in [2.05, 4.69) is 121 Å². The SMILES string of the molecule is COC(=O)C1=C(C(=O)OC)C2c3cc4c(cc3C1c1cc3c(cc12)C1c2ccccc2C3c2ccccc21)C1c2ccccc2C4c2ccccc21. The molecule has 0 saturated carbocycles. The molecular weight excluding hydrogens is 641 g/mol. The third kappa shape index (κ3) is 3.26. The van der Waals surface area contributed by atoms with Crippen molar-refractivity contribution in [2.24, 2.45) is 0 Å². The average Bonchev–Trinajstić information content (AvgIpc) is 3.20. The number of carbonyl (C=O) groups is 2. The minimum absolute atomic E-state index is 0.0931. The molecule has 6 aromatic rings. The van der Waals surface area contributed by atoms with E-state index in [1.165, 1.54) is 81.0 Å². The van der Waals surface area contributed by atoms with Gasteiger partial charge in [-0.1, -0.05) is 121 Å². The number of benzene rings is 6. The molecular formula is C48H32O4. The number of carbonyl (C=O) groups excluding carboxylic acids is 2. The fourth-order valence-electron chi connectivity index (χ4n) is 11.4. The Balaban J connectivity index is 1.15. The summed E-state index contributed by atoms with van der Waals surface area (Å²) in [5, 5.41) is 0. The lowest BCUT2D eigenvalue weighted by molar-refractivity contribution is -0.140. The maximum absolute atomic E-state index is 14.0. The Kier molecular flexibility index (Phi) is 5.44. The van der Waals surface area contributed by atoms with E-state index < -0.39 is 23.8 Å². The van der Waals surface area contributed by atoms with Gasteiger partial charge in [0.2, 0.25) is 0 Å². The van der Waals surface area contributed by atoms with Gasteiger partial charge >= 0.3 is 11.9 Å². The third-order valence-electron chi connectivity index (χ3n) is 13.2. The van der Waals surface area contributed by atoms with Crippen molar-refractivity contribution in [3.63, 3.8) is 0 Å². The topological polar surface area (TPSA) is 52.6 Å². The van der Waals surface area contributed by atoms with Crippen molar-refractivity contribution in [2.75, 3.05) is 14.2 Å². The Morgan fingerprint density at radius 3 is 0.712 bits per heavy atom. The molecule has 0 amide bonds. The second-order valence-corrected chi connectivity index (χ2v) is 15.1. The molecule has 15 rings (SSSR count). The molecule has 0 N–H and O–H groups in total. The monoisotopic (exact) mass is 672 g/mol. The molecule has 52 heavy (non-hydrogen) atoms. The van der Waals surface area contributed by atoms with Crippen molar-refractivity contribution in [1.82, 2.24) is 0 Å². The Hall–Kier alpha value is -6.00. The first-order valence-corrected chi connectivity index (χ1v) is 18.2. The van der Waals surface area contributed by atoms with Crippen LogP contribution in [0.25, 0.3) is 0 Å². The zero-order chi connectivity index (χ0) is 34.6. The van der Waals surface area contributed by atoms with E-state index in [4.69, 9.17) is 9.47 Å². The van der Waals surface area contributed by atoms with Gasteiger partial charge in [0.15, 0.2) is 0 Å². The van der Waals surface area contributed by atoms with Crippen molar-refractivity contribution in [1.29, 1.82) is 0 Å². The highest BCUT2D eigenvalue weighted by molar-refractivity contribution is 6.06. The van der Waals surface area contributed by atoms with Gasteiger partial charge in [0.1, 0.15) is 0 Å². The minimum atomic E-state index is -0.475. The van der Waals surface area contributed by atoms with Gasteiger partial charge in [-0.05, 0) is 89.0 Å². The normalized spacial score (nSPS) is 23.7. The Morgan fingerprint density at radius 2 is 0.519 bits per heavy atom. The molecule has 0 spiro atoms. The Bertz CT molecular complexity index is 2260. The van der Waals surface area contributed by atoms with Gasteiger partial charge in [0.25, 0.3) is 0 Å². The quantitative estimate of drug-likeness (QED) is 0.172. The predicted molar refractivity (Wildman–Crippen MR) is 197 cm³/mol. The summed E-state index contributed by atoms with van der Waals surface area (Å²) in [6, 6.07) is 44.9. The van der Waals surface area contributed by atoms with E-state index in [1.54, 1.807) is 0 Å². The van der Waals surface area contributed by atoms with Crippen molar-refractivity contribution in [3.8, 4) is 0 Å². The first kappa shape index (κ1) is 28.7. The van der Waals surface area contributed by atoms with Crippen molar-refractivity contribution in [3.05, 3.63) is 221 Å². The van der Waals surface area contributed by atoms with Crippen LogP contribution >= 0.6 is 0 Å². The van der Waals surface area contributed by atoms with Gasteiger partial charge in [0.05, 0.1) is 25.4 Å². The number of rotatable bonds is 2. The maximum Gasteiger partial charge on any atom is 0.335 e. The molecule has 0 atom stereocenters. The maximum atomic E-state index is 14.0. The summed E-state index contributed by atoms with van der Waals surface area (Å²) in [4.78, 5) is 28.0. The highest BCUT2D eigenvalue weighted by Crippen LogP contribution is 2.64. The van der Waals surface area contributed by atoms with Crippen LogP contribution in [0, 0.1) is 0 Å². The summed E-state index contributed by atoms with van der Waals surface area (Å²) < 4.78 is 11.0. The highest BCUT2D eigenvalue weighted by atomic mass is 16.5. The molecule has 0 radical (unpaired) electrons. The average molecular weight is 673 g/mol. The van der Waals surface area contributed by atoms with E-state index in [-0.39, 0.29) is 23.7 Å². The van der Waals surface area contributed by atoms with Crippen LogP contribution in [-0.2, 0) is 19.1 Å². The largest absolute Gasteiger partial charge is 0.466 e.